The van der Waals surface area contributed by atoms with Gasteiger partial charge in [-0.2, -0.15) is 0 Å². The first-order valence-electron chi connectivity index (χ1n) is 8.43. The van der Waals surface area contributed by atoms with Gasteiger partial charge in [0.15, 0.2) is 5.65 Å². The quantitative estimate of drug-likeness (QED) is 0.812. The Balaban J connectivity index is 1.63. The van der Waals surface area contributed by atoms with Gasteiger partial charge in [-0.1, -0.05) is 5.92 Å². The molecule has 0 unspecified atom stereocenters. The van der Waals surface area contributed by atoms with Crippen molar-refractivity contribution in [3.05, 3.63) is 35.7 Å². The van der Waals surface area contributed by atoms with Crippen LogP contribution < -0.4 is 10.6 Å². The minimum Gasteiger partial charge on any atom is -0.343 e. The number of fused-ring (bicyclic) bond motifs is 1. The van der Waals surface area contributed by atoms with E-state index in [1.54, 1.807) is 6.20 Å². The number of pyridine rings is 2. The normalized spacial score (nSPS) is 17.6. The third kappa shape index (κ3) is 2.93. The Morgan fingerprint density at radius 3 is 2.84 bits per heavy atom. The van der Waals surface area contributed by atoms with Crippen molar-refractivity contribution in [1.82, 2.24) is 20.6 Å². The maximum absolute atomic E-state index is 12.9. The number of carbonyl (C=O) groups excluding carboxylic acids is 2. The molecule has 0 bridgehead atoms. The molecule has 2 aliphatic rings. The molecule has 0 spiro atoms. The number of hydrogen-bond acceptors (Lipinski definition) is 4. The number of nitrogens with zero attached hydrogens (tertiary/aromatic N) is 2. The van der Waals surface area contributed by atoms with E-state index in [-0.39, 0.29) is 18.4 Å². The number of amides is 2. The smallest absolute Gasteiger partial charge is 0.254 e. The van der Waals surface area contributed by atoms with Gasteiger partial charge >= 0.3 is 0 Å². The lowest BCUT2D eigenvalue weighted by Crippen LogP contribution is -2.49. The molecule has 2 aromatic rings. The van der Waals surface area contributed by atoms with E-state index in [1.165, 1.54) is 0 Å². The Morgan fingerprint density at radius 1 is 1.36 bits per heavy atom. The predicted molar refractivity (Wildman–Crippen MR) is 92.8 cm³/mol. The van der Waals surface area contributed by atoms with E-state index in [0.717, 1.165) is 23.9 Å². The van der Waals surface area contributed by atoms with Gasteiger partial charge in [-0.3, -0.25) is 9.59 Å². The SMILES string of the molecule is C#CCNC(=O)C1(NC(=O)c2cc3cccnc3nc2C2CC2)CC1. The standard InChI is InChI=1S/C19H18N4O2/c1-2-9-21-18(25)19(7-8-19)23-17(24)14-11-13-4-3-10-20-16(13)22-15(14)12-5-6-12/h1,3-4,10-12H,5-9H2,(H,21,25)(H,23,24). The van der Waals surface area contributed by atoms with Gasteiger partial charge in [0.05, 0.1) is 17.8 Å². The number of terminal acetylenes is 1. The average Bonchev–Trinajstić information content (AvgIpc) is 3.53. The van der Waals surface area contributed by atoms with Gasteiger partial charge in [0, 0.05) is 17.5 Å². The molecule has 4 rings (SSSR count). The van der Waals surface area contributed by atoms with Gasteiger partial charge in [0.25, 0.3) is 5.91 Å². The Labute approximate surface area is 145 Å². The van der Waals surface area contributed by atoms with Crippen LogP contribution in [0.5, 0.6) is 0 Å². The highest BCUT2D eigenvalue weighted by molar-refractivity contribution is 6.03. The van der Waals surface area contributed by atoms with E-state index in [0.29, 0.717) is 30.0 Å². The molecule has 2 aromatic heterocycles. The molecule has 6 heteroatoms. The van der Waals surface area contributed by atoms with E-state index in [2.05, 4.69) is 26.5 Å². The minimum absolute atomic E-state index is 0.160. The zero-order valence-corrected chi connectivity index (χ0v) is 13.7. The molecule has 6 nitrogen and oxygen atoms in total. The van der Waals surface area contributed by atoms with Crippen molar-refractivity contribution in [2.24, 2.45) is 0 Å². The molecule has 0 radical (unpaired) electrons. The summed E-state index contributed by atoms with van der Waals surface area (Å²) in [5.74, 6) is 2.20. The largest absolute Gasteiger partial charge is 0.343 e. The minimum atomic E-state index is -0.835. The summed E-state index contributed by atoms with van der Waals surface area (Å²) in [4.78, 5) is 34.0. The second kappa shape index (κ2) is 5.85. The molecule has 2 aliphatic carbocycles. The van der Waals surface area contributed by atoms with Crippen LogP contribution in [0.25, 0.3) is 11.0 Å². The Morgan fingerprint density at radius 2 is 2.16 bits per heavy atom. The Kier molecular flexibility index (Phi) is 3.65. The molecular formula is C19H18N4O2. The predicted octanol–water partition coefficient (Wildman–Crippen LogP) is 1.52. The fourth-order valence-electron chi connectivity index (χ4n) is 2.99. The third-order valence-corrected chi connectivity index (χ3v) is 4.72. The summed E-state index contributed by atoms with van der Waals surface area (Å²) < 4.78 is 0. The zero-order chi connectivity index (χ0) is 17.4. The lowest BCUT2D eigenvalue weighted by Gasteiger charge is -2.18. The molecular weight excluding hydrogens is 316 g/mol. The number of carbonyl (C=O) groups is 2. The summed E-state index contributed by atoms with van der Waals surface area (Å²) in [6, 6.07) is 5.53. The molecule has 25 heavy (non-hydrogen) atoms. The molecule has 0 aliphatic heterocycles. The third-order valence-electron chi connectivity index (χ3n) is 4.72. The van der Waals surface area contributed by atoms with Crippen molar-refractivity contribution in [1.29, 1.82) is 0 Å². The molecule has 126 valence electrons. The fraction of sp³-hybridized carbons (Fsp3) is 0.368. The van der Waals surface area contributed by atoms with E-state index < -0.39 is 5.54 Å². The zero-order valence-electron chi connectivity index (χ0n) is 13.7. The van der Waals surface area contributed by atoms with Crippen LogP contribution in [-0.4, -0.2) is 33.9 Å². The molecule has 0 saturated heterocycles. The van der Waals surface area contributed by atoms with Crippen LogP contribution in [0.2, 0.25) is 0 Å². The van der Waals surface area contributed by atoms with Crippen molar-refractivity contribution >= 4 is 22.8 Å². The van der Waals surface area contributed by atoms with Gasteiger partial charge < -0.3 is 10.6 Å². The summed E-state index contributed by atoms with van der Waals surface area (Å²) in [6.07, 6.45) is 10.2. The van der Waals surface area contributed by atoms with Crippen molar-refractivity contribution in [2.45, 2.75) is 37.1 Å². The number of rotatable bonds is 5. The van der Waals surface area contributed by atoms with Crippen molar-refractivity contribution < 1.29 is 9.59 Å². The van der Waals surface area contributed by atoms with Gasteiger partial charge in [-0.05, 0) is 43.9 Å². The molecule has 2 fully saturated rings. The second-order valence-electron chi connectivity index (χ2n) is 6.67. The number of hydrogen-bond donors (Lipinski definition) is 2. The molecule has 2 amide bonds. The molecule has 0 aromatic carbocycles. The summed E-state index contributed by atoms with van der Waals surface area (Å²) in [7, 11) is 0. The van der Waals surface area contributed by atoms with E-state index in [1.807, 2.05) is 18.2 Å². The Bertz CT molecular complexity index is 907. The highest BCUT2D eigenvalue weighted by Gasteiger charge is 2.51. The van der Waals surface area contributed by atoms with Crippen molar-refractivity contribution in [3.63, 3.8) is 0 Å². The van der Waals surface area contributed by atoms with Crippen molar-refractivity contribution in [2.75, 3.05) is 6.54 Å². The van der Waals surface area contributed by atoms with E-state index in [9.17, 15) is 9.59 Å². The molecule has 0 atom stereocenters. The summed E-state index contributed by atoms with van der Waals surface area (Å²) in [6.45, 7) is 0.160. The van der Waals surface area contributed by atoms with Gasteiger partial charge in [-0.15, -0.1) is 6.42 Å². The second-order valence-corrected chi connectivity index (χ2v) is 6.67. The summed E-state index contributed by atoms with van der Waals surface area (Å²) in [5.41, 5.74) is 1.13. The van der Waals surface area contributed by atoms with Crippen LogP contribution in [0, 0.1) is 12.3 Å². The topological polar surface area (TPSA) is 84.0 Å². The van der Waals surface area contributed by atoms with Crippen LogP contribution in [-0.2, 0) is 4.79 Å². The summed E-state index contributed by atoms with van der Waals surface area (Å²) in [5, 5.41) is 6.37. The first-order valence-corrected chi connectivity index (χ1v) is 8.43. The first kappa shape index (κ1) is 15.6. The van der Waals surface area contributed by atoms with Crippen LogP contribution in [0.15, 0.2) is 24.4 Å². The molecule has 2 heterocycles. The van der Waals surface area contributed by atoms with Gasteiger partial charge in [0.1, 0.15) is 5.54 Å². The van der Waals surface area contributed by atoms with Crippen LogP contribution >= 0.6 is 0 Å². The maximum atomic E-state index is 12.9. The first-order chi connectivity index (χ1) is 12.1. The van der Waals surface area contributed by atoms with Crippen LogP contribution in [0.4, 0.5) is 0 Å². The van der Waals surface area contributed by atoms with Crippen LogP contribution in [0.1, 0.15) is 47.7 Å². The van der Waals surface area contributed by atoms with Crippen LogP contribution in [0.3, 0.4) is 0 Å². The highest BCUT2D eigenvalue weighted by atomic mass is 16.2. The van der Waals surface area contributed by atoms with E-state index >= 15 is 0 Å². The molecule has 2 N–H and O–H groups in total. The number of nitrogens with one attached hydrogen (secondary N) is 2. The Hall–Kier alpha value is -2.94. The monoisotopic (exact) mass is 334 g/mol. The summed E-state index contributed by atoms with van der Waals surface area (Å²) >= 11 is 0. The van der Waals surface area contributed by atoms with Gasteiger partial charge in [-0.25, -0.2) is 9.97 Å². The average molecular weight is 334 g/mol. The van der Waals surface area contributed by atoms with Gasteiger partial charge in [0.2, 0.25) is 5.91 Å². The maximum Gasteiger partial charge on any atom is 0.254 e. The van der Waals surface area contributed by atoms with E-state index in [4.69, 9.17) is 6.42 Å². The lowest BCUT2D eigenvalue weighted by molar-refractivity contribution is -0.123. The lowest BCUT2D eigenvalue weighted by atomic mass is 10.1. The highest BCUT2D eigenvalue weighted by Crippen LogP contribution is 2.42. The van der Waals surface area contributed by atoms with Crippen molar-refractivity contribution in [3.8, 4) is 12.3 Å². The fourth-order valence-corrected chi connectivity index (χ4v) is 2.99. The number of aromatic nitrogens is 2. The molecule has 2 saturated carbocycles.